The van der Waals surface area contributed by atoms with E-state index in [0.29, 0.717) is 45.1 Å². The van der Waals surface area contributed by atoms with Gasteiger partial charge in [-0.1, -0.05) is 6.07 Å². The van der Waals surface area contributed by atoms with Crippen LogP contribution in [0.1, 0.15) is 5.56 Å². The Morgan fingerprint density at radius 1 is 1.11 bits per heavy atom. The Morgan fingerprint density at radius 3 is 2.58 bits per heavy atom. The highest BCUT2D eigenvalue weighted by Gasteiger charge is 1.94. The average molecular weight is 264 g/mol. The normalized spacial score (nSPS) is 10.1. The van der Waals surface area contributed by atoms with E-state index in [-0.39, 0.29) is 0 Å². The molecule has 1 aromatic rings. The highest BCUT2D eigenvalue weighted by atomic mass is 16.5. The summed E-state index contributed by atoms with van der Waals surface area (Å²) in [7, 11) is 1.65. The second-order valence-electron chi connectivity index (χ2n) is 3.84. The van der Waals surface area contributed by atoms with Gasteiger partial charge in [0.1, 0.15) is 0 Å². The third kappa shape index (κ3) is 7.42. The van der Waals surface area contributed by atoms with Crippen LogP contribution in [-0.2, 0) is 14.2 Å². The van der Waals surface area contributed by atoms with Gasteiger partial charge in [0, 0.05) is 19.3 Å². The van der Waals surface area contributed by atoms with E-state index < -0.39 is 0 Å². The molecule has 0 aliphatic carbocycles. The van der Waals surface area contributed by atoms with Crippen molar-refractivity contribution in [3.63, 3.8) is 0 Å². The Morgan fingerprint density at radius 2 is 1.84 bits per heavy atom. The van der Waals surface area contributed by atoms with Crippen LogP contribution in [-0.4, -0.2) is 46.7 Å². The average Bonchev–Trinajstić information content (AvgIpc) is 2.46. The van der Waals surface area contributed by atoms with Gasteiger partial charge < -0.3 is 19.5 Å². The molecule has 0 aliphatic rings. The molecule has 0 spiro atoms. The Bertz CT molecular complexity index is 391. The predicted molar refractivity (Wildman–Crippen MR) is 73.2 cm³/mol. The quantitative estimate of drug-likeness (QED) is 0.651. The van der Waals surface area contributed by atoms with Crippen molar-refractivity contribution >= 4 is 5.69 Å². The molecule has 0 fully saturated rings. The van der Waals surface area contributed by atoms with E-state index in [1.165, 1.54) is 0 Å². The first-order valence-corrected chi connectivity index (χ1v) is 6.25. The van der Waals surface area contributed by atoms with Crippen LogP contribution in [0.4, 0.5) is 5.69 Å². The van der Waals surface area contributed by atoms with Gasteiger partial charge in [-0.3, -0.25) is 0 Å². The molecule has 0 saturated heterocycles. The summed E-state index contributed by atoms with van der Waals surface area (Å²) in [6, 6.07) is 9.47. The van der Waals surface area contributed by atoms with Gasteiger partial charge >= 0.3 is 0 Å². The lowest BCUT2D eigenvalue weighted by Gasteiger charge is -2.08. The summed E-state index contributed by atoms with van der Waals surface area (Å²) in [5.74, 6) is 0. The summed E-state index contributed by atoms with van der Waals surface area (Å²) in [4.78, 5) is 0. The van der Waals surface area contributed by atoms with Crippen molar-refractivity contribution in [3.05, 3.63) is 29.8 Å². The minimum Gasteiger partial charge on any atom is -0.383 e. The highest BCUT2D eigenvalue weighted by Crippen LogP contribution is 2.08. The number of anilines is 1. The first-order chi connectivity index (χ1) is 9.36. The van der Waals surface area contributed by atoms with Crippen LogP contribution < -0.4 is 5.32 Å². The van der Waals surface area contributed by atoms with Crippen LogP contribution in [0.15, 0.2) is 24.3 Å². The summed E-state index contributed by atoms with van der Waals surface area (Å²) in [6.07, 6.45) is 0. The zero-order chi connectivity index (χ0) is 13.8. The van der Waals surface area contributed by atoms with Crippen molar-refractivity contribution in [2.45, 2.75) is 0 Å². The van der Waals surface area contributed by atoms with E-state index in [2.05, 4.69) is 11.4 Å². The molecule has 1 rings (SSSR count). The van der Waals surface area contributed by atoms with Crippen LogP contribution in [0.5, 0.6) is 0 Å². The molecule has 104 valence electrons. The second kappa shape index (κ2) is 10.3. The minimum atomic E-state index is 0.573. The lowest BCUT2D eigenvalue weighted by atomic mass is 10.2. The van der Waals surface area contributed by atoms with Crippen molar-refractivity contribution in [2.75, 3.05) is 52.0 Å². The molecule has 0 amide bonds. The summed E-state index contributed by atoms with van der Waals surface area (Å²) in [6.45, 7) is 3.66. The van der Waals surface area contributed by atoms with Crippen LogP contribution in [0.2, 0.25) is 0 Å². The number of nitrogens with one attached hydrogen (secondary N) is 1. The maximum atomic E-state index is 8.77. The lowest BCUT2D eigenvalue weighted by molar-refractivity contribution is 0.0272. The molecule has 0 radical (unpaired) electrons. The number of rotatable bonds is 10. The molecule has 5 nitrogen and oxygen atoms in total. The van der Waals surface area contributed by atoms with Crippen molar-refractivity contribution in [1.82, 2.24) is 0 Å². The van der Waals surface area contributed by atoms with Gasteiger partial charge in [0.05, 0.1) is 44.7 Å². The molecule has 0 aliphatic heterocycles. The Labute approximate surface area is 114 Å². The monoisotopic (exact) mass is 264 g/mol. The third-order valence-electron chi connectivity index (χ3n) is 2.37. The van der Waals surface area contributed by atoms with E-state index in [1.54, 1.807) is 13.2 Å². The predicted octanol–water partition coefficient (Wildman–Crippen LogP) is 1.65. The SMILES string of the molecule is COCCOCCOCCNc1cccc(C#N)c1. The summed E-state index contributed by atoms with van der Waals surface area (Å²) < 4.78 is 15.5. The number of ether oxygens (including phenoxy) is 3. The third-order valence-corrected chi connectivity index (χ3v) is 2.37. The Kier molecular flexibility index (Phi) is 8.39. The second-order valence-corrected chi connectivity index (χ2v) is 3.84. The number of nitriles is 1. The molecule has 5 heteroatoms. The molecule has 0 unspecified atom stereocenters. The Balaban J connectivity index is 2.00. The number of nitrogens with zero attached hydrogens (tertiary/aromatic N) is 1. The van der Waals surface area contributed by atoms with Crippen LogP contribution in [0.3, 0.4) is 0 Å². The van der Waals surface area contributed by atoms with Gasteiger partial charge in [0.2, 0.25) is 0 Å². The van der Waals surface area contributed by atoms with Gasteiger partial charge in [-0.05, 0) is 18.2 Å². The zero-order valence-corrected chi connectivity index (χ0v) is 11.2. The zero-order valence-electron chi connectivity index (χ0n) is 11.2. The molecular formula is C14H20N2O3. The lowest BCUT2D eigenvalue weighted by Crippen LogP contribution is -2.13. The minimum absolute atomic E-state index is 0.573. The van der Waals surface area contributed by atoms with Crippen LogP contribution in [0.25, 0.3) is 0 Å². The van der Waals surface area contributed by atoms with Gasteiger partial charge in [-0.15, -0.1) is 0 Å². The van der Waals surface area contributed by atoms with Crippen LogP contribution in [0, 0.1) is 11.3 Å². The van der Waals surface area contributed by atoms with E-state index in [1.807, 2.05) is 18.2 Å². The van der Waals surface area contributed by atoms with Crippen molar-refractivity contribution in [3.8, 4) is 6.07 Å². The van der Waals surface area contributed by atoms with Gasteiger partial charge in [-0.25, -0.2) is 0 Å². The fourth-order valence-corrected chi connectivity index (χ4v) is 1.43. The van der Waals surface area contributed by atoms with Crippen molar-refractivity contribution in [1.29, 1.82) is 5.26 Å². The molecule has 0 aromatic heterocycles. The molecule has 0 saturated carbocycles. The van der Waals surface area contributed by atoms with Gasteiger partial charge in [-0.2, -0.15) is 5.26 Å². The van der Waals surface area contributed by atoms with Crippen molar-refractivity contribution in [2.24, 2.45) is 0 Å². The van der Waals surface area contributed by atoms with E-state index in [0.717, 1.165) is 5.69 Å². The number of benzene rings is 1. The number of hydrogen-bond acceptors (Lipinski definition) is 5. The van der Waals surface area contributed by atoms with Gasteiger partial charge in [0.25, 0.3) is 0 Å². The van der Waals surface area contributed by atoms with E-state index in [4.69, 9.17) is 19.5 Å². The summed E-state index contributed by atoms with van der Waals surface area (Å²) in [5.41, 5.74) is 1.58. The first kappa shape index (κ1) is 15.4. The van der Waals surface area contributed by atoms with Gasteiger partial charge in [0.15, 0.2) is 0 Å². The topological polar surface area (TPSA) is 63.5 Å². The molecule has 0 bridgehead atoms. The first-order valence-electron chi connectivity index (χ1n) is 6.25. The van der Waals surface area contributed by atoms with Crippen LogP contribution >= 0.6 is 0 Å². The van der Waals surface area contributed by atoms with E-state index >= 15 is 0 Å². The molecule has 0 heterocycles. The molecular weight excluding hydrogens is 244 g/mol. The Hall–Kier alpha value is -1.61. The van der Waals surface area contributed by atoms with E-state index in [9.17, 15) is 0 Å². The summed E-state index contributed by atoms with van der Waals surface area (Å²) in [5, 5.41) is 12.0. The molecule has 1 aromatic carbocycles. The molecule has 1 N–H and O–H groups in total. The largest absolute Gasteiger partial charge is 0.383 e. The molecule has 0 atom stereocenters. The highest BCUT2D eigenvalue weighted by molar-refractivity contribution is 5.48. The fraction of sp³-hybridized carbons (Fsp3) is 0.500. The maximum Gasteiger partial charge on any atom is 0.0992 e. The number of methoxy groups -OCH3 is 1. The molecule has 19 heavy (non-hydrogen) atoms. The summed E-state index contributed by atoms with van der Waals surface area (Å²) >= 11 is 0. The fourth-order valence-electron chi connectivity index (χ4n) is 1.43. The standard InChI is InChI=1S/C14H20N2O3/c1-17-7-8-19-10-9-18-6-5-16-14-4-2-3-13(11-14)12-15/h2-4,11,16H,5-10H2,1H3. The number of hydrogen-bond donors (Lipinski definition) is 1. The maximum absolute atomic E-state index is 8.77. The smallest absolute Gasteiger partial charge is 0.0992 e. The van der Waals surface area contributed by atoms with Crippen molar-refractivity contribution < 1.29 is 14.2 Å².